The summed E-state index contributed by atoms with van der Waals surface area (Å²) in [4.78, 5) is 181. The molecule has 30 N–H and O–H groups in total. The summed E-state index contributed by atoms with van der Waals surface area (Å²) in [7, 11) is 0. The van der Waals surface area contributed by atoms with Gasteiger partial charge in [-0.05, 0) is 122 Å². The molecule has 0 aliphatic rings. The van der Waals surface area contributed by atoms with Crippen molar-refractivity contribution in [3.8, 4) is 0 Å². The van der Waals surface area contributed by atoms with Crippen molar-refractivity contribution in [2.45, 2.75) is 164 Å². The highest BCUT2D eigenvalue weighted by Gasteiger charge is 2.35. The molecule has 2 rings (SSSR count). The molecule has 0 aliphatic heterocycles. The number of nitrogens with two attached hydrogens (primary N) is 8. The average molecular weight is 1400 g/mol. The maximum Gasteiger partial charge on any atom is 0.245 e. The van der Waals surface area contributed by atoms with Crippen molar-refractivity contribution >= 4 is 88.7 Å². The Morgan fingerprint density at radius 2 is 0.869 bits per heavy atom. The van der Waals surface area contributed by atoms with Gasteiger partial charge >= 0.3 is 0 Å². The van der Waals surface area contributed by atoms with Crippen LogP contribution in [0.25, 0.3) is 0 Å². The molecule has 0 unspecified atom stereocenters. The summed E-state index contributed by atoms with van der Waals surface area (Å²) in [5.74, 6) is -13.5. The number of primary amides is 1. The van der Waals surface area contributed by atoms with Gasteiger partial charge in [0.25, 0.3) is 0 Å². The van der Waals surface area contributed by atoms with Gasteiger partial charge in [-0.25, -0.2) is 4.39 Å². The first-order chi connectivity index (χ1) is 46.9. The molecule has 0 saturated carbocycles. The third-order valence-electron chi connectivity index (χ3n) is 14.7. The van der Waals surface area contributed by atoms with E-state index in [0.29, 0.717) is 25.8 Å². The summed E-state index contributed by atoms with van der Waals surface area (Å²) in [5.41, 5.74) is 45.3. The number of benzene rings is 2. The molecule has 0 aliphatic carbocycles. The zero-order chi connectivity index (χ0) is 74.1. The maximum atomic E-state index is 14.9. The summed E-state index contributed by atoms with van der Waals surface area (Å²) in [5, 5.41) is 49.6. The van der Waals surface area contributed by atoms with E-state index in [0.717, 1.165) is 18.6 Å². The van der Waals surface area contributed by atoms with Gasteiger partial charge in [0, 0.05) is 19.5 Å². The Bertz CT molecular complexity index is 3070. The normalized spacial score (nSPS) is 14.2. The number of aliphatic imine (C=N–C) groups is 2. The predicted molar refractivity (Wildman–Crippen MR) is 360 cm³/mol. The monoisotopic (exact) mass is 1400 g/mol. The number of carbonyl (C=O) groups is 13. The number of halogens is 1. The number of carbonyl (C=O) groups excluding carboxylic acids is 13. The largest absolute Gasteiger partial charge is 0.394 e. The molecule has 0 bridgehead atoms. The summed E-state index contributed by atoms with van der Waals surface area (Å²) in [6.45, 7) is 0.892. The highest BCUT2D eigenvalue weighted by molar-refractivity contribution is 5.99. The highest BCUT2D eigenvalue weighted by Crippen LogP contribution is 2.12. The fraction of sp³-hybridized carbons (Fsp3) is 0.557. The van der Waals surface area contributed by atoms with E-state index in [-0.39, 0.29) is 88.5 Å². The van der Waals surface area contributed by atoms with Crippen LogP contribution < -0.4 is 110 Å². The molecule has 2 aromatic carbocycles. The van der Waals surface area contributed by atoms with Crippen LogP contribution in [0.3, 0.4) is 0 Å². The quantitative estimate of drug-likeness (QED) is 0.0166. The van der Waals surface area contributed by atoms with E-state index in [4.69, 9.17) is 45.9 Å². The van der Waals surface area contributed by atoms with Crippen LogP contribution in [0.4, 0.5) is 4.39 Å². The van der Waals surface area contributed by atoms with Gasteiger partial charge in [-0.3, -0.25) is 72.3 Å². The Balaban J connectivity index is 2.19. The van der Waals surface area contributed by atoms with E-state index in [2.05, 4.69) is 73.8 Å². The van der Waals surface area contributed by atoms with Gasteiger partial charge in [0.1, 0.15) is 60.2 Å². The van der Waals surface area contributed by atoms with Crippen molar-refractivity contribution in [1.82, 2.24) is 63.8 Å². The Labute approximate surface area is 571 Å². The number of hydrogen-bond donors (Lipinski definition) is 22. The van der Waals surface area contributed by atoms with Gasteiger partial charge < -0.3 is 120 Å². The number of guanidine groups is 2. The van der Waals surface area contributed by atoms with Crippen molar-refractivity contribution in [3.05, 3.63) is 71.5 Å². The van der Waals surface area contributed by atoms with Crippen LogP contribution in [0, 0.1) is 5.82 Å². The highest BCUT2D eigenvalue weighted by atomic mass is 19.1. The standard InChI is InChI=1S/C61H99FN22O15/c1-33(76-47(88)31-75-59(99)49(35(3)86)84-57(97)44(28-37-17-7-8-18-38(37)62)78-48(89)30-73-46(87)29-74-53(93)39(65)27-36-15-5-4-6-16-36)51(91)80-43(22-14-26-72-61(69)70)55(95)82-41(20-10-12-24-64)56(96)83-45(32-85)58(98)77-34(2)52(92)81-42(21-13-25-71-60(67)68)54(94)79-40(50(66)90)19-9-11-23-63/h4-8,15-18,33-35,39-45,49,85-86H,9-14,19-32,63-65H2,1-3H3,(H2,66,90)(H,73,87)(H,74,93)(H,75,99)(H,76,88)(H,77,98)(H,78,89)(H,79,94)(H,80,91)(H,81,92)(H,82,95)(H,83,96)(H,84,97)(H4,67,68,71)(H4,69,70,72)/t33-,34-,35+,39-,40-,41-,42-,43-,44-,45-,49-/m0/s1. The number of amides is 13. The van der Waals surface area contributed by atoms with E-state index in [1.165, 1.54) is 32.0 Å². The van der Waals surface area contributed by atoms with Crippen LogP contribution in [-0.4, -0.2) is 218 Å². The average Bonchev–Trinajstić information content (AvgIpc) is 0.889. The van der Waals surface area contributed by atoms with Crippen LogP contribution in [-0.2, 0) is 75.2 Å². The predicted octanol–water partition coefficient (Wildman–Crippen LogP) is -9.09. The fourth-order valence-corrected chi connectivity index (χ4v) is 9.20. The van der Waals surface area contributed by atoms with Gasteiger partial charge in [0.15, 0.2) is 11.9 Å². The van der Waals surface area contributed by atoms with E-state index < -0.39 is 182 Å². The Morgan fingerprint density at radius 3 is 1.37 bits per heavy atom. The molecule has 37 nitrogen and oxygen atoms in total. The first-order valence-corrected chi connectivity index (χ1v) is 32.1. The second kappa shape index (κ2) is 46.1. The van der Waals surface area contributed by atoms with E-state index in [9.17, 15) is 76.9 Å². The smallest absolute Gasteiger partial charge is 0.245 e. The van der Waals surface area contributed by atoms with Crippen LogP contribution in [0.5, 0.6) is 0 Å². The molecule has 13 amide bonds. The summed E-state index contributed by atoms with van der Waals surface area (Å²) in [6.07, 6.45) is -0.335. The molecule has 38 heteroatoms. The number of unbranched alkanes of at least 4 members (excludes halogenated alkanes) is 2. The Hall–Kier alpha value is -10.2. The molecule has 0 spiro atoms. The number of nitrogens with one attached hydrogen (secondary N) is 12. The summed E-state index contributed by atoms with van der Waals surface area (Å²) < 4.78 is 14.9. The number of hydrogen-bond acceptors (Lipinski definition) is 20. The minimum atomic E-state index is -1.82. The second-order valence-electron chi connectivity index (χ2n) is 23.0. The van der Waals surface area contributed by atoms with Crippen molar-refractivity contribution in [3.63, 3.8) is 0 Å². The lowest BCUT2D eigenvalue weighted by Crippen LogP contribution is -2.60. The molecular weight excluding hydrogens is 1300 g/mol. The molecule has 0 fully saturated rings. The van der Waals surface area contributed by atoms with Crippen LogP contribution in [0.2, 0.25) is 0 Å². The topological polar surface area (TPSA) is 640 Å². The SMILES string of the molecule is C[C@H](NC(=O)CNC(=O)[C@@H](NC(=O)[C@H](Cc1ccccc1F)NC(=O)CNC(=O)CNC(=O)[C@@H](N)Cc1ccccc1)[C@@H](C)O)C(=O)N[C@@H](CCCN=C(N)N)C(=O)N[C@@H](CCCCN)C(=O)N[C@@H](CO)C(=O)N[C@@H](C)C(=O)N[C@@H](CCCN=C(N)N)C(=O)N[C@@H](CCCCN)C(N)=O. The molecule has 2 aromatic rings. The minimum Gasteiger partial charge on any atom is -0.394 e. The zero-order valence-corrected chi connectivity index (χ0v) is 55.8. The van der Waals surface area contributed by atoms with Crippen molar-refractivity contribution in [2.24, 2.45) is 55.9 Å². The number of aliphatic hydroxyl groups is 2. The van der Waals surface area contributed by atoms with Gasteiger partial charge in [0.2, 0.25) is 76.8 Å². The molecule has 0 radical (unpaired) electrons. The third-order valence-corrected chi connectivity index (χ3v) is 14.7. The maximum absolute atomic E-state index is 14.9. The Morgan fingerprint density at radius 1 is 0.444 bits per heavy atom. The molecule has 99 heavy (non-hydrogen) atoms. The van der Waals surface area contributed by atoms with Crippen LogP contribution in [0.15, 0.2) is 64.6 Å². The van der Waals surface area contributed by atoms with E-state index in [1.807, 2.05) is 0 Å². The molecular formula is C61H99FN22O15. The number of aliphatic hydroxyl groups excluding tert-OH is 2. The molecule has 0 aromatic heterocycles. The molecule has 0 saturated heterocycles. The Kier molecular flexibility index (Phi) is 39.5. The lowest BCUT2D eigenvalue weighted by molar-refractivity contribution is -0.136. The summed E-state index contributed by atoms with van der Waals surface area (Å²) >= 11 is 0. The zero-order valence-electron chi connectivity index (χ0n) is 55.8. The van der Waals surface area contributed by atoms with Gasteiger partial charge in [-0.15, -0.1) is 0 Å². The van der Waals surface area contributed by atoms with Gasteiger partial charge in [-0.2, -0.15) is 0 Å². The lowest BCUT2D eigenvalue weighted by Gasteiger charge is -2.26. The molecule has 0 heterocycles. The fourth-order valence-electron chi connectivity index (χ4n) is 9.20. The van der Waals surface area contributed by atoms with E-state index in [1.54, 1.807) is 30.3 Å². The second-order valence-corrected chi connectivity index (χ2v) is 23.0. The molecule has 11 atom stereocenters. The van der Waals surface area contributed by atoms with Crippen molar-refractivity contribution in [2.75, 3.05) is 52.4 Å². The third kappa shape index (κ3) is 34.1. The van der Waals surface area contributed by atoms with Crippen molar-refractivity contribution < 1.29 is 76.9 Å². The van der Waals surface area contributed by atoms with Gasteiger partial charge in [-0.1, -0.05) is 48.5 Å². The minimum absolute atomic E-state index is 0.0403. The first kappa shape index (κ1) is 84.9. The van der Waals surface area contributed by atoms with Crippen LogP contribution in [0.1, 0.15) is 96.1 Å². The number of rotatable bonds is 47. The first-order valence-electron chi connectivity index (χ1n) is 32.1. The van der Waals surface area contributed by atoms with Crippen LogP contribution >= 0.6 is 0 Å². The molecule has 550 valence electrons. The van der Waals surface area contributed by atoms with Gasteiger partial charge in [0.05, 0.1) is 38.4 Å². The van der Waals surface area contributed by atoms with Crippen molar-refractivity contribution in [1.29, 1.82) is 0 Å². The summed E-state index contributed by atoms with van der Waals surface area (Å²) in [6, 6.07) is -0.281. The number of nitrogens with zero attached hydrogens (tertiary/aromatic N) is 2. The van der Waals surface area contributed by atoms with E-state index >= 15 is 0 Å². The lowest BCUT2D eigenvalue weighted by atomic mass is 10.0.